The van der Waals surface area contributed by atoms with Crippen LogP contribution in [0.5, 0.6) is 0 Å². The average Bonchev–Trinajstić information content (AvgIpc) is 3.07. The number of hydrogen-bond donors (Lipinski definition) is 0. The molecular formula is C44H81NO4. The van der Waals surface area contributed by atoms with E-state index in [1.807, 2.05) is 14.1 Å². The van der Waals surface area contributed by atoms with Crippen LogP contribution in [-0.4, -0.2) is 50.2 Å². The van der Waals surface area contributed by atoms with E-state index in [9.17, 15) is 9.59 Å². The van der Waals surface area contributed by atoms with Gasteiger partial charge in [0.15, 0.2) is 0 Å². The molecule has 0 aliphatic carbocycles. The molecule has 0 aromatic rings. The lowest BCUT2D eigenvalue weighted by Gasteiger charge is -2.18. The van der Waals surface area contributed by atoms with Gasteiger partial charge in [-0.05, 0) is 117 Å². The Morgan fingerprint density at radius 2 is 1.12 bits per heavy atom. The van der Waals surface area contributed by atoms with Crippen molar-refractivity contribution < 1.29 is 19.1 Å². The fraction of sp³-hybridized carbons (Fsp3) is 0.818. The molecular weight excluding hydrogens is 606 g/mol. The standard InChI is InChI=1S/C44H81NO4/c1-6-9-11-13-15-16-17-18-19-20-21-22-23-24-26-29-35-42(49-43(46)37-32-38-45(4)5)36-30-27-31-39-48-44(47)40-41(33-8-3)34-28-25-14-12-10-7-2/h15-16,18-19,40,42H,6-14,17,20-39H2,1-5H3/b16-15-,19-18-,41-40+. The van der Waals surface area contributed by atoms with Gasteiger partial charge in [-0.1, -0.05) is 128 Å². The van der Waals surface area contributed by atoms with Gasteiger partial charge in [-0.15, -0.1) is 0 Å². The number of nitrogens with zero attached hydrogens (tertiary/aromatic N) is 1. The minimum atomic E-state index is -0.184. The first-order chi connectivity index (χ1) is 23.9. The molecule has 49 heavy (non-hydrogen) atoms. The number of allylic oxidation sites excluding steroid dienone is 5. The van der Waals surface area contributed by atoms with Gasteiger partial charge in [-0.3, -0.25) is 4.79 Å². The molecule has 1 unspecified atom stereocenters. The molecule has 0 aliphatic rings. The largest absolute Gasteiger partial charge is 0.463 e. The van der Waals surface area contributed by atoms with Gasteiger partial charge in [0, 0.05) is 12.5 Å². The first kappa shape index (κ1) is 47.1. The molecule has 0 N–H and O–H groups in total. The summed E-state index contributed by atoms with van der Waals surface area (Å²) < 4.78 is 11.5. The second-order valence-electron chi connectivity index (χ2n) is 14.5. The zero-order chi connectivity index (χ0) is 36.0. The van der Waals surface area contributed by atoms with Crippen molar-refractivity contribution in [2.45, 2.75) is 207 Å². The summed E-state index contributed by atoms with van der Waals surface area (Å²) in [6.45, 7) is 8.04. The Hall–Kier alpha value is -1.88. The smallest absolute Gasteiger partial charge is 0.330 e. The molecule has 0 heterocycles. The zero-order valence-electron chi connectivity index (χ0n) is 33.3. The number of hydrogen-bond acceptors (Lipinski definition) is 5. The van der Waals surface area contributed by atoms with Crippen molar-refractivity contribution in [3.05, 3.63) is 36.0 Å². The molecule has 0 radical (unpaired) electrons. The Morgan fingerprint density at radius 3 is 1.76 bits per heavy atom. The van der Waals surface area contributed by atoms with Crippen LogP contribution in [0.3, 0.4) is 0 Å². The molecule has 0 aromatic carbocycles. The maximum absolute atomic E-state index is 12.6. The van der Waals surface area contributed by atoms with E-state index >= 15 is 0 Å². The summed E-state index contributed by atoms with van der Waals surface area (Å²) in [5.41, 5.74) is 1.24. The lowest BCUT2D eigenvalue weighted by molar-refractivity contribution is -0.150. The lowest BCUT2D eigenvalue weighted by atomic mass is 10.0. The van der Waals surface area contributed by atoms with Gasteiger partial charge < -0.3 is 14.4 Å². The molecule has 0 saturated heterocycles. The van der Waals surface area contributed by atoms with E-state index in [-0.39, 0.29) is 18.0 Å². The highest BCUT2D eigenvalue weighted by Crippen LogP contribution is 2.19. The topological polar surface area (TPSA) is 55.8 Å². The molecule has 0 amide bonds. The first-order valence-corrected chi connectivity index (χ1v) is 20.9. The highest BCUT2D eigenvalue weighted by atomic mass is 16.5. The van der Waals surface area contributed by atoms with E-state index in [1.165, 1.54) is 108 Å². The molecule has 286 valence electrons. The Bertz CT molecular complexity index is 831. The number of unbranched alkanes of at least 4 members (excludes halogenated alkanes) is 16. The number of carbonyl (C=O) groups is 2. The molecule has 0 bridgehead atoms. The normalized spacial score (nSPS) is 12.8. The quantitative estimate of drug-likeness (QED) is 0.0284. The van der Waals surface area contributed by atoms with E-state index in [1.54, 1.807) is 6.08 Å². The third-order valence-electron chi connectivity index (χ3n) is 9.17. The highest BCUT2D eigenvalue weighted by Gasteiger charge is 2.14. The van der Waals surface area contributed by atoms with Crippen LogP contribution >= 0.6 is 0 Å². The minimum absolute atomic E-state index is 0.00162. The van der Waals surface area contributed by atoms with Gasteiger partial charge in [-0.25, -0.2) is 4.79 Å². The molecule has 0 rings (SSSR count). The first-order valence-electron chi connectivity index (χ1n) is 20.9. The zero-order valence-corrected chi connectivity index (χ0v) is 33.3. The average molecular weight is 688 g/mol. The van der Waals surface area contributed by atoms with Crippen LogP contribution < -0.4 is 0 Å². The van der Waals surface area contributed by atoms with Crippen molar-refractivity contribution in [1.82, 2.24) is 4.90 Å². The van der Waals surface area contributed by atoms with Crippen LogP contribution in [0.1, 0.15) is 201 Å². The Kier molecular flexibility index (Phi) is 35.9. The van der Waals surface area contributed by atoms with Crippen molar-refractivity contribution in [3.63, 3.8) is 0 Å². The van der Waals surface area contributed by atoms with Crippen LogP contribution in [0.25, 0.3) is 0 Å². The number of ether oxygens (including phenoxy) is 2. The van der Waals surface area contributed by atoms with Gasteiger partial charge in [0.2, 0.25) is 0 Å². The lowest BCUT2D eigenvalue weighted by Crippen LogP contribution is -2.20. The van der Waals surface area contributed by atoms with Crippen LogP contribution in [0.2, 0.25) is 0 Å². The summed E-state index contributed by atoms with van der Waals surface area (Å²) in [7, 11) is 4.07. The van der Waals surface area contributed by atoms with Crippen molar-refractivity contribution in [3.8, 4) is 0 Å². The second kappa shape index (κ2) is 37.4. The van der Waals surface area contributed by atoms with Gasteiger partial charge in [0.1, 0.15) is 6.10 Å². The molecule has 0 spiro atoms. The van der Waals surface area contributed by atoms with Crippen LogP contribution in [0.15, 0.2) is 36.0 Å². The maximum Gasteiger partial charge on any atom is 0.330 e. The maximum atomic E-state index is 12.6. The summed E-state index contributed by atoms with van der Waals surface area (Å²) in [6, 6.07) is 0. The van der Waals surface area contributed by atoms with Gasteiger partial charge in [0.05, 0.1) is 6.61 Å². The highest BCUT2D eigenvalue weighted by molar-refractivity contribution is 5.82. The fourth-order valence-electron chi connectivity index (χ4n) is 6.16. The summed E-state index contributed by atoms with van der Waals surface area (Å²) in [6.07, 6.45) is 42.6. The van der Waals surface area contributed by atoms with E-state index in [2.05, 4.69) is 50.0 Å². The second-order valence-corrected chi connectivity index (χ2v) is 14.5. The molecule has 0 aliphatic heterocycles. The Balaban J connectivity index is 4.32. The third kappa shape index (κ3) is 35.7. The number of esters is 2. The predicted octanol–water partition coefficient (Wildman–Crippen LogP) is 13.0. The van der Waals surface area contributed by atoms with E-state index in [4.69, 9.17) is 9.47 Å². The minimum Gasteiger partial charge on any atom is -0.463 e. The number of carbonyl (C=O) groups excluding carboxylic acids is 2. The summed E-state index contributed by atoms with van der Waals surface area (Å²) >= 11 is 0. The predicted molar refractivity (Wildman–Crippen MR) is 212 cm³/mol. The van der Waals surface area contributed by atoms with Crippen LogP contribution in [-0.2, 0) is 19.1 Å². The van der Waals surface area contributed by atoms with Crippen molar-refractivity contribution >= 4 is 11.9 Å². The molecule has 0 saturated carbocycles. The van der Waals surface area contributed by atoms with Crippen LogP contribution in [0.4, 0.5) is 0 Å². The summed E-state index contributed by atoms with van der Waals surface area (Å²) in [5.74, 6) is -0.243. The number of rotatable bonds is 36. The third-order valence-corrected chi connectivity index (χ3v) is 9.17. The van der Waals surface area contributed by atoms with E-state index in [0.717, 1.165) is 77.2 Å². The fourth-order valence-corrected chi connectivity index (χ4v) is 6.16. The SMILES string of the molecule is CCCCC/C=C\C/C=C\CCCCCCCCC(CCCCCOC(=O)/C=C(\CCC)CCCCCCCC)OC(=O)CCCN(C)C. The molecule has 0 aromatic heterocycles. The molecule has 0 fully saturated rings. The molecule has 1 atom stereocenters. The molecule has 5 nitrogen and oxygen atoms in total. The van der Waals surface area contributed by atoms with Gasteiger partial charge in [0.25, 0.3) is 0 Å². The van der Waals surface area contributed by atoms with E-state index < -0.39 is 0 Å². The van der Waals surface area contributed by atoms with Gasteiger partial charge >= 0.3 is 11.9 Å². The van der Waals surface area contributed by atoms with Crippen molar-refractivity contribution in [2.24, 2.45) is 0 Å². The summed E-state index contributed by atoms with van der Waals surface area (Å²) in [5, 5.41) is 0. The van der Waals surface area contributed by atoms with Gasteiger partial charge in [-0.2, -0.15) is 0 Å². The monoisotopic (exact) mass is 688 g/mol. The Labute approximate surface area is 305 Å². The Morgan fingerprint density at radius 1 is 0.571 bits per heavy atom. The molecule has 5 heteroatoms. The van der Waals surface area contributed by atoms with Crippen LogP contribution in [0, 0.1) is 0 Å². The summed E-state index contributed by atoms with van der Waals surface area (Å²) in [4.78, 5) is 27.1. The van der Waals surface area contributed by atoms with Crippen molar-refractivity contribution in [2.75, 3.05) is 27.2 Å². The van der Waals surface area contributed by atoms with Crippen molar-refractivity contribution in [1.29, 1.82) is 0 Å². The van der Waals surface area contributed by atoms with E-state index in [0.29, 0.717) is 13.0 Å².